The molecule has 0 saturated carbocycles. The Morgan fingerprint density at radius 2 is 1.50 bits per heavy atom. The number of aliphatic hydroxyl groups excluding tert-OH is 1. The van der Waals surface area contributed by atoms with Crippen LogP contribution < -0.4 is 11.1 Å². The first-order chi connectivity index (χ1) is 18.7. The lowest BCUT2D eigenvalue weighted by Crippen LogP contribution is -2.25. The third kappa shape index (κ3) is 8.55. The Balaban J connectivity index is 0.00000191. The molecular formula is C32H45F3N4O. The lowest BCUT2D eigenvalue weighted by Gasteiger charge is -2.22. The fourth-order valence-corrected chi connectivity index (χ4v) is 3.62. The van der Waals surface area contributed by atoms with Gasteiger partial charge in [-0.15, -0.1) is 0 Å². The molecular weight excluding hydrogens is 513 g/mol. The molecule has 1 aromatic heterocycles. The normalized spacial score (nSPS) is 12.8. The summed E-state index contributed by atoms with van der Waals surface area (Å²) < 4.78 is 40.7. The van der Waals surface area contributed by atoms with Gasteiger partial charge in [0.05, 0.1) is 23.4 Å². The molecule has 8 heteroatoms. The van der Waals surface area contributed by atoms with Gasteiger partial charge in [-0.25, -0.2) is 9.97 Å². The number of aliphatic hydroxyl groups is 1. The molecule has 0 unspecified atom stereocenters. The maximum Gasteiger partial charge on any atom is 0.418 e. The van der Waals surface area contributed by atoms with Crippen LogP contribution in [0.25, 0.3) is 16.6 Å². The molecule has 0 fully saturated rings. The molecule has 5 nitrogen and oxygen atoms in total. The Bertz CT molecular complexity index is 1300. The zero-order chi connectivity index (χ0) is 30.9. The van der Waals surface area contributed by atoms with Gasteiger partial charge in [-0.1, -0.05) is 92.7 Å². The van der Waals surface area contributed by atoms with Crippen molar-refractivity contribution in [2.75, 3.05) is 11.9 Å². The lowest BCUT2D eigenvalue weighted by molar-refractivity contribution is -0.0877. The van der Waals surface area contributed by atoms with Crippen LogP contribution in [0.5, 0.6) is 0 Å². The summed E-state index contributed by atoms with van der Waals surface area (Å²) >= 11 is 0. The van der Waals surface area contributed by atoms with Crippen LogP contribution in [0.3, 0.4) is 0 Å². The second-order valence-electron chi connectivity index (χ2n) is 10.4. The van der Waals surface area contributed by atoms with Crippen LogP contribution in [0.4, 0.5) is 24.7 Å². The molecule has 3 aromatic rings. The number of allylic oxidation sites excluding steroid dienone is 3. The highest BCUT2D eigenvalue weighted by atomic mass is 19.4. The van der Waals surface area contributed by atoms with Gasteiger partial charge in [0.25, 0.3) is 0 Å². The molecule has 0 spiro atoms. The minimum atomic E-state index is -4.60. The number of hydrogen-bond acceptors (Lipinski definition) is 5. The summed E-state index contributed by atoms with van der Waals surface area (Å²) in [6, 6.07) is 12.7. The fourth-order valence-electron chi connectivity index (χ4n) is 3.62. The lowest BCUT2D eigenvalue weighted by atomic mass is 9.87. The second kappa shape index (κ2) is 14.3. The summed E-state index contributed by atoms with van der Waals surface area (Å²) in [5, 5.41) is 13.8. The number of nitrogens with two attached hydrogens (primary N) is 1. The predicted molar refractivity (Wildman–Crippen MR) is 163 cm³/mol. The van der Waals surface area contributed by atoms with Crippen molar-refractivity contribution in [3.05, 3.63) is 77.1 Å². The third-order valence-electron chi connectivity index (χ3n) is 5.95. The molecule has 0 aliphatic carbocycles. The number of alkyl halides is 3. The Morgan fingerprint density at radius 3 is 1.98 bits per heavy atom. The number of halogens is 3. The topological polar surface area (TPSA) is 84.1 Å². The van der Waals surface area contributed by atoms with Crippen LogP contribution in [-0.4, -0.2) is 27.9 Å². The molecule has 0 aliphatic rings. The van der Waals surface area contributed by atoms with E-state index in [1.54, 1.807) is 19.9 Å². The summed E-state index contributed by atoms with van der Waals surface area (Å²) in [7, 11) is 0. The number of fused-ring (bicyclic) bond motifs is 1. The number of hydrogen-bond donors (Lipinski definition) is 3. The molecule has 0 amide bonds. The number of aromatic nitrogens is 2. The molecule has 220 valence electrons. The molecule has 2 aromatic carbocycles. The molecule has 1 heterocycles. The molecule has 0 bridgehead atoms. The van der Waals surface area contributed by atoms with E-state index in [2.05, 4.69) is 36.1 Å². The Morgan fingerprint density at radius 1 is 0.925 bits per heavy atom. The number of nitrogens with zero attached hydrogens (tertiary/aromatic N) is 2. The maximum absolute atomic E-state index is 13.6. The van der Waals surface area contributed by atoms with E-state index in [9.17, 15) is 18.3 Å². The van der Waals surface area contributed by atoms with E-state index in [4.69, 9.17) is 5.73 Å². The van der Waals surface area contributed by atoms with Crippen LogP contribution in [-0.2, 0) is 10.8 Å². The van der Waals surface area contributed by atoms with Gasteiger partial charge >= 0.3 is 6.18 Å². The zero-order valence-electron chi connectivity index (χ0n) is 25.5. The van der Waals surface area contributed by atoms with E-state index in [0.29, 0.717) is 22.5 Å². The minimum Gasteiger partial charge on any atom is -0.398 e. The van der Waals surface area contributed by atoms with Crippen molar-refractivity contribution >= 4 is 28.1 Å². The first-order valence-electron chi connectivity index (χ1n) is 13.7. The van der Waals surface area contributed by atoms with Crippen molar-refractivity contribution in [3.63, 3.8) is 0 Å². The summed E-state index contributed by atoms with van der Waals surface area (Å²) in [4.78, 5) is 9.26. The van der Waals surface area contributed by atoms with Gasteiger partial charge in [0, 0.05) is 22.1 Å². The molecule has 40 heavy (non-hydrogen) atoms. The summed E-state index contributed by atoms with van der Waals surface area (Å²) in [5.41, 5.74) is 6.47. The Hall–Kier alpha value is -3.39. The van der Waals surface area contributed by atoms with Crippen molar-refractivity contribution in [2.24, 2.45) is 5.73 Å². The highest BCUT2D eigenvalue weighted by Gasteiger charge is 2.34. The van der Waals surface area contributed by atoms with Gasteiger partial charge in [-0.3, -0.25) is 0 Å². The van der Waals surface area contributed by atoms with E-state index in [1.807, 2.05) is 52.0 Å². The van der Waals surface area contributed by atoms with E-state index < -0.39 is 22.9 Å². The van der Waals surface area contributed by atoms with E-state index in [-0.39, 0.29) is 17.6 Å². The largest absolute Gasteiger partial charge is 0.418 e. The monoisotopic (exact) mass is 558 g/mol. The standard InChI is InChI=1S/C28H33F3N4O.2C2H6/c1-7-8-21(28(29,30)31)23(32)17-9-14-20-22(15-17)34-25(27(5,6)16-36)35-24(20)33-19-12-10-18(11-13-19)26(2,3)4;2*1-2/h7-15,36H,16,32H2,1-6H3,(H,33,34,35);2*1-2H3/b8-7-,23-21+;;. The summed E-state index contributed by atoms with van der Waals surface area (Å²) in [6.45, 7) is 19.3. The number of anilines is 2. The van der Waals surface area contributed by atoms with Crippen LogP contribution in [0, 0.1) is 0 Å². The van der Waals surface area contributed by atoms with Crippen molar-refractivity contribution in [1.29, 1.82) is 0 Å². The van der Waals surface area contributed by atoms with Gasteiger partial charge in [-0.2, -0.15) is 13.2 Å². The number of rotatable bonds is 6. The molecule has 0 radical (unpaired) electrons. The smallest absolute Gasteiger partial charge is 0.398 e. The van der Waals surface area contributed by atoms with Gasteiger partial charge < -0.3 is 16.2 Å². The predicted octanol–water partition coefficient (Wildman–Crippen LogP) is 8.80. The number of nitrogens with one attached hydrogen (secondary N) is 1. The zero-order valence-corrected chi connectivity index (χ0v) is 25.5. The van der Waals surface area contributed by atoms with Gasteiger partial charge in [0.2, 0.25) is 0 Å². The fraction of sp³-hybridized carbons (Fsp3) is 0.438. The second-order valence-corrected chi connectivity index (χ2v) is 10.4. The molecule has 0 saturated heterocycles. The van der Waals surface area contributed by atoms with Crippen LogP contribution in [0.2, 0.25) is 0 Å². The minimum absolute atomic E-state index is 0.00451. The SMILES string of the molecule is C/C=C\C(=C(/N)c1ccc2c(Nc3ccc(C(C)(C)C)cc3)nc(C(C)(C)CO)nc2c1)C(F)(F)F.CC.CC. The van der Waals surface area contributed by atoms with Crippen LogP contribution in [0.15, 0.2) is 60.2 Å². The highest BCUT2D eigenvalue weighted by molar-refractivity contribution is 5.93. The van der Waals surface area contributed by atoms with Gasteiger partial charge in [-0.05, 0) is 42.2 Å². The molecule has 0 aliphatic heterocycles. The van der Waals surface area contributed by atoms with Crippen molar-refractivity contribution < 1.29 is 18.3 Å². The first kappa shape index (κ1) is 34.6. The Labute approximate surface area is 237 Å². The molecule has 0 atom stereocenters. The van der Waals surface area contributed by atoms with Gasteiger partial charge in [0.15, 0.2) is 0 Å². The number of benzene rings is 2. The Kier molecular flexibility index (Phi) is 12.4. The van der Waals surface area contributed by atoms with E-state index in [0.717, 1.165) is 11.8 Å². The average molecular weight is 559 g/mol. The van der Waals surface area contributed by atoms with Crippen molar-refractivity contribution in [2.45, 2.75) is 86.2 Å². The summed E-state index contributed by atoms with van der Waals surface area (Å²) in [5.74, 6) is 0.842. The maximum atomic E-state index is 13.6. The molecule has 4 N–H and O–H groups in total. The average Bonchev–Trinajstić information content (AvgIpc) is 2.92. The van der Waals surface area contributed by atoms with E-state index in [1.165, 1.54) is 30.7 Å². The molecule has 3 rings (SSSR count). The summed E-state index contributed by atoms with van der Waals surface area (Å²) in [6.07, 6.45) is -2.35. The van der Waals surface area contributed by atoms with Gasteiger partial charge in [0.1, 0.15) is 11.6 Å². The van der Waals surface area contributed by atoms with Crippen molar-refractivity contribution in [3.8, 4) is 0 Å². The highest BCUT2D eigenvalue weighted by Crippen LogP contribution is 2.34. The third-order valence-corrected chi connectivity index (χ3v) is 5.95. The first-order valence-corrected chi connectivity index (χ1v) is 13.7. The van der Waals surface area contributed by atoms with E-state index >= 15 is 0 Å². The quantitative estimate of drug-likeness (QED) is 0.263. The van der Waals surface area contributed by atoms with Crippen molar-refractivity contribution in [1.82, 2.24) is 9.97 Å². The van der Waals surface area contributed by atoms with Crippen LogP contribution in [0.1, 0.15) is 86.2 Å². The van der Waals surface area contributed by atoms with Crippen LogP contribution >= 0.6 is 0 Å².